The second-order valence-corrected chi connectivity index (χ2v) is 9.86. The fourth-order valence-corrected chi connectivity index (χ4v) is 2.64. The Bertz CT molecular complexity index is 918. The predicted molar refractivity (Wildman–Crippen MR) is 127 cm³/mol. The van der Waals surface area contributed by atoms with Crippen LogP contribution in [0.4, 0.5) is 9.59 Å². The highest BCUT2D eigenvalue weighted by Crippen LogP contribution is 2.25. The van der Waals surface area contributed by atoms with Gasteiger partial charge in [0.2, 0.25) is 6.79 Å². The van der Waals surface area contributed by atoms with Gasteiger partial charge in [-0.05, 0) is 65.7 Å². The maximum atomic E-state index is 12.6. The van der Waals surface area contributed by atoms with Gasteiger partial charge in [0, 0.05) is 19.4 Å². The molecular formula is C24H36N2O10. The summed E-state index contributed by atoms with van der Waals surface area (Å²) < 4.78 is 20.1. The normalized spacial score (nSPS) is 12.2. The van der Waals surface area contributed by atoms with Crippen LogP contribution in [-0.2, 0) is 35.0 Å². The molecule has 1 aromatic carbocycles. The highest BCUT2D eigenvalue weighted by Gasteiger charge is 2.26. The van der Waals surface area contributed by atoms with Crippen molar-refractivity contribution in [3.63, 3.8) is 0 Å². The first-order valence-electron chi connectivity index (χ1n) is 11.4. The molecule has 12 heteroatoms. The van der Waals surface area contributed by atoms with Crippen LogP contribution in [0.3, 0.4) is 0 Å². The van der Waals surface area contributed by atoms with Gasteiger partial charge >= 0.3 is 24.1 Å². The summed E-state index contributed by atoms with van der Waals surface area (Å²) in [4.78, 5) is 48.2. The van der Waals surface area contributed by atoms with Crippen LogP contribution in [0.1, 0.15) is 59.9 Å². The molecule has 1 aromatic rings. The lowest BCUT2D eigenvalue weighted by atomic mass is 10.1. The molecule has 0 spiro atoms. The van der Waals surface area contributed by atoms with E-state index >= 15 is 0 Å². The molecule has 0 radical (unpaired) electrons. The molecule has 0 heterocycles. The Balaban J connectivity index is 2.57. The summed E-state index contributed by atoms with van der Waals surface area (Å²) in [6, 6.07) is 2.69. The molecule has 0 aliphatic rings. The van der Waals surface area contributed by atoms with Crippen LogP contribution in [0.2, 0.25) is 0 Å². The lowest BCUT2D eigenvalue weighted by Crippen LogP contribution is -2.45. The Morgan fingerprint density at radius 1 is 0.889 bits per heavy atom. The van der Waals surface area contributed by atoms with Crippen molar-refractivity contribution in [2.75, 3.05) is 13.3 Å². The lowest BCUT2D eigenvalue weighted by Gasteiger charge is -2.23. The molecule has 0 aromatic heterocycles. The largest absolute Gasteiger partial charge is 0.504 e. The average Bonchev–Trinajstić information content (AvgIpc) is 2.70. The third-order valence-electron chi connectivity index (χ3n) is 4.10. The maximum Gasteiger partial charge on any atom is 0.408 e. The van der Waals surface area contributed by atoms with Gasteiger partial charge in [-0.1, -0.05) is 6.07 Å². The molecule has 0 bridgehead atoms. The Kier molecular flexibility index (Phi) is 11.3. The Morgan fingerprint density at radius 3 is 2.08 bits per heavy atom. The fraction of sp³-hybridized carbons (Fsp3) is 0.583. The van der Waals surface area contributed by atoms with Crippen molar-refractivity contribution < 1.29 is 48.3 Å². The fourth-order valence-electron chi connectivity index (χ4n) is 2.64. The number of nitrogens with one attached hydrogen (secondary N) is 2. The minimum absolute atomic E-state index is 0.0419. The number of hydrogen-bond donors (Lipinski definition) is 4. The average molecular weight is 513 g/mol. The minimum Gasteiger partial charge on any atom is -0.504 e. The number of esters is 2. The second kappa shape index (κ2) is 13.4. The first-order valence-corrected chi connectivity index (χ1v) is 11.4. The Hall–Kier alpha value is -3.70. The highest BCUT2D eigenvalue weighted by molar-refractivity contribution is 5.82. The van der Waals surface area contributed by atoms with Gasteiger partial charge in [-0.15, -0.1) is 0 Å². The van der Waals surface area contributed by atoms with Gasteiger partial charge in [0.1, 0.15) is 17.2 Å². The smallest absolute Gasteiger partial charge is 0.408 e. The van der Waals surface area contributed by atoms with Gasteiger partial charge in [0.25, 0.3) is 0 Å². The van der Waals surface area contributed by atoms with Gasteiger partial charge in [-0.25, -0.2) is 14.4 Å². The number of alkyl carbamates (subject to hydrolysis) is 2. The van der Waals surface area contributed by atoms with Crippen molar-refractivity contribution in [1.82, 2.24) is 10.6 Å². The maximum absolute atomic E-state index is 12.6. The molecule has 202 valence electrons. The van der Waals surface area contributed by atoms with Crippen molar-refractivity contribution in [1.29, 1.82) is 0 Å². The summed E-state index contributed by atoms with van der Waals surface area (Å²) in [7, 11) is 0. The van der Waals surface area contributed by atoms with E-state index in [2.05, 4.69) is 10.6 Å². The van der Waals surface area contributed by atoms with E-state index in [1.807, 2.05) is 0 Å². The highest BCUT2D eigenvalue weighted by atomic mass is 16.7. The zero-order valence-corrected chi connectivity index (χ0v) is 21.5. The van der Waals surface area contributed by atoms with E-state index < -0.39 is 53.9 Å². The monoisotopic (exact) mass is 512 g/mol. The van der Waals surface area contributed by atoms with Crippen LogP contribution in [-0.4, -0.2) is 64.9 Å². The number of hydrogen-bond acceptors (Lipinski definition) is 10. The van der Waals surface area contributed by atoms with Crippen LogP contribution in [0.5, 0.6) is 11.5 Å². The van der Waals surface area contributed by atoms with Crippen LogP contribution < -0.4 is 10.6 Å². The van der Waals surface area contributed by atoms with E-state index in [-0.39, 0.29) is 31.6 Å². The zero-order chi connectivity index (χ0) is 27.5. The molecule has 0 saturated heterocycles. The van der Waals surface area contributed by atoms with Crippen molar-refractivity contribution in [3.05, 3.63) is 23.8 Å². The number of carbonyl (C=O) groups is 4. The number of aromatic hydroxyl groups is 2. The number of carbonyl (C=O) groups excluding carboxylic acids is 4. The van der Waals surface area contributed by atoms with Crippen LogP contribution in [0, 0.1) is 0 Å². The molecular weight excluding hydrogens is 476 g/mol. The van der Waals surface area contributed by atoms with E-state index in [0.29, 0.717) is 5.56 Å². The summed E-state index contributed by atoms with van der Waals surface area (Å²) in [6.45, 7) is 9.64. The number of rotatable bonds is 10. The van der Waals surface area contributed by atoms with Gasteiger partial charge in [0.15, 0.2) is 11.5 Å². The predicted octanol–water partition coefficient (Wildman–Crippen LogP) is 2.88. The first kappa shape index (κ1) is 30.3. The molecule has 2 amide bonds. The minimum atomic E-state index is -1.24. The van der Waals surface area contributed by atoms with E-state index in [9.17, 15) is 29.4 Å². The van der Waals surface area contributed by atoms with Crippen molar-refractivity contribution >= 4 is 24.1 Å². The lowest BCUT2D eigenvalue weighted by molar-refractivity contribution is -0.168. The molecule has 0 fully saturated rings. The third kappa shape index (κ3) is 13.3. The molecule has 36 heavy (non-hydrogen) atoms. The molecule has 4 N–H and O–H groups in total. The van der Waals surface area contributed by atoms with E-state index in [1.54, 1.807) is 41.5 Å². The number of benzene rings is 1. The summed E-state index contributed by atoms with van der Waals surface area (Å²) in [6.07, 6.45) is -1.34. The first-order chi connectivity index (χ1) is 16.6. The molecule has 12 nitrogen and oxygen atoms in total. The number of ether oxygens (including phenoxy) is 4. The van der Waals surface area contributed by atoms with Crippen molar-refractivity contribution in [2.45, 2.75) is 78.0 Å². The van der Waals surface area contributed by atoms with Crippen LogP contribution >= 0.6 is 0 Å². The zero-order valence-electron chi connectivity index (χ0n) is 21.5. The summed E-state index contributed by atoms with van der Waals surface area (Å²) >= 11 is 0. The van der Waals surface area contributed by atoms with E-state index in [0.717, 1.165) is 0 Å². The SMILES string of the molecule is CC(C)(C)OC(=O)NCCCC(=O)OCOC(=O)[C@H](Cc1ccc(O)c(O)c1)NC(=O)OC(C)(C)C. The molecule has 0 unspecified atom stereocenters. The summed E-state index contributed by atoms with van der Waals surface area (Å²) in [5.41, 5.74) is -1.03. The molecule has 0 aliphatic carbocycles. The van der Waals surface area contributed by atoms with Gasteiger partial charge in [-0.3, -0.25) is 4.79 Å². The Labute approximate surface area is 210 Å². The Morgan fingerprint density at radius 2 is 1.50 bits per heavy atom. The van der Waals surface area contributed by atoms with Gasteiger partial charge < -0.3 is 39.8 Å². The van der Waals surface area contributed by atoms with Crippen LogP contribution in [0.25, 0.3) is 0 Å². The number of amides is 2. The number of phenols is 2. The van der Waals surface area contributed by atoms with E-state index in [1.165, 1.54) is 18.2 Å². The topological polar surface area (TPSA) is 170 Å². The third-order valence-corrected chi connectivity index (χ3v) is 4.10. The summed E-state index contributed by atoms with van der Waals surface area (Å²) in [5.74, 6) is -2.31. The number of phenolic OH excluding ortho intramolecular Hbond substituents is 2. The van der Waals surface area contributed by atoms with Gasteiger partial charge in [-0.2, -0.15) is 0 Å². The second-order valence-electron chi connectivity index (χ2n) is 9.86. The van der Waals surface area contributed by atoms with E-state index in [4.69, 9.17) is 18.9 Å². The molecule has 1 rings (SSSR count). The standard InChI is InChI=1S/C24H36N2O10/c1-23(2,3)35-21(31)25-11-7-8-19(29)33-14-34-20(30)16(26-22(32)36-24(4,5)6)12-15-9-10-17(27)18(28)13-15/h9-10,13,16,27-28H,7-8,11-12,14H2,1-6H3,(H,25,31)(H,26,32)/t16-/m0/s1. The quantitative estimate of drug-likeness (QED) is 0.120. The molecule has 0 aliphatic heterocycles. The van der Waals surface area contributed by atoms with Crippen molar-refractivity contribution in [2.24, 2.45) is 0 Å². The van der Waals surface area contributed by atoms with Gasteiger partial charge in [0.05, 0.1) is 0 Å². The van der Waals surface area contributed by atoms with Crippen molar-refractivity contribution in [3.8, 4) is 11.5 Å². The molecule has 0 saturated carbocycles. The summed E-state index contributed by atoms with van der Waals surface area (Å²) in [5, 5.41) is 24.1. The molecule has 1 atom stereocenters. The van der Waals surface area contributed by atoms with Crippen LogP contribution in [0.15, 0.2) is 18.2 Å².